The third kappa shape index (κ3) is 4.58. The third-order valence-electron chi connectivity index (χ3n) is 4.60. The smallest absolute Gasteiger partial charge is 0.264 e. The Bertz CT molecular complexity index is 1460. The monoisotopic (exact) mass is 473 g/mol. The summed E-state index contributed by atoms with van der Waals surface area (Å²) in [5.41, 5.74) is 1.15. The number of nitrogens with zero attached hydrogens (tertiary/aromatic N) is 3. The highest BCUT2D eigenvalue weighted by atomic mass is 35.5. The lowest BCUT2D eigenvalue weighted by atomic mass is 10.1. The molecule has 4 rings (SSSR count). The maximum absolute atomic E-state index is 12.8. The third-order valence-corrected chi connectivity index (χ3v) is 8.09. The number of hydrogen-bond acceptors (Lipinski definition) is 7. The fourth-order valence-electron chi connectivity index (χ4n) is 3.12. The first-order valence-corrected chi connectivity index (χ1v) is 12.0. The van der Waals surface area contributed by atoms with E-state index in [-0.39, 0.29) is 16.2 Å². The highest BCUT2D eigenvalue weighted by Gasteiger charge is 2.22. The molecule has 0 saturated heterocycles. The molecular formula is C21H16ClN3O4S2. The molecule has 10 heteroatoms. The maximum Gasteiger partial charge on any atom is 0.264 e. The summed E-state index contributed by atoms with van der Waals surface area (Å²) < 4.78 is 26.4. The molecule has 31 heavy (non-hydrogen) atoms. The van der Waals surface area contributed by atoms with Gasteiger partial charge in [-0.25, -0.2) is 8.42 Å². The van der Waals surface area contributed by atoms with E-state index in [1.54, 1.807) is 24.4 Å². The van der Waals surface area contributed by atoms with Gasteiger partial charge in [-0.2, -0.15) is 5.10 Å². The molecule has 3 heterocycles. The van der Waals surface area contributed by atoms with E-state index >= 15 is 0 Å². The molecule has 0 aliphatic rings. The average Bonchev–Trinajstić information content (AvgIpc) is 3.16. The average molecular weight is 474 g/mol. The summed E-state index contributed by atoms with van der Waals surface area (Å²) in [6.45, 7) is 1.96. The van der Waals surface area contributed by atoms with E-state index in [2.05, 4.69) is 10.2 Å². The van der Waals surface area contributed by atoms with Crippen molar-refractivity contribution in [3.63, 3.8) is 0 Å². The first-order chi connectivity index (χ1) is 14.7. The number of ketones is 1. The Balaban J connectivity index is 1.52. The van der Waals surface area contributed by atoms with E-state index < -0.39 is 21.4 Å². The van der Waals surface area contributed by atoms with Crippen molar-refractivity contribution in [3.8, 4) is 5.82 Å². The van der Waals surface area contributed by atoms with Crippen molar-refractivity contribution in [3.05, 3.63) is 80.7 Å². The Hall–Kier alpha value is -2.88. The Labute approximate surface area is 186 Å². The fourth-order valence-corrected chi connectivity index (χ4v) is 5.94. The minimum absolute atomic E-state index is 0.0538. The van der Waals surface area contributed by atoms with Crippen LogP contribution in [-0.2, 0) is 21.1 Å². The van der Waals surface area contributed by atoms with Crippen molar-refractivity contribution < 1.29 is 13.2 Å². The summed E-state index contributed by atoms with van der Waals surface area (Å²) in [6, 6.07) is 13.4. The first kappa shape index (κ1) is 21.4. The number of rotatable bonds is 6. The van der Waals surface area contributed by atoms with Crippen molar-refractivity contribution in [1.82, 2.24) is 14.8 Å². The van der Waals surface area contributed by atoms with Crippen LogP contribution in [0.4, 0.5) is 0 Å². The van der Waals surface area contributed by atoms with Crippen LogP contribution in [0.1, 0.15) is 11.3 Å². The number of carbonyl (C=O) groups is 1. The van der Waals surface area contributed by atoms with E-state index in [1.165, 1.54) is 16.7 Å². The number of hydrogen-bond donors (Lipinski definition) is 0. The lowest BCUT2D eigenvalue weighted by molar-refractivity contribution is -0.116. The van der Waals surface area contributed by atoms with Gasteiger partial charge in [-0.15, -0.1) is 16.4 Å². The predicted octanol–water partition coefficient (Wildman–Crippen LogP) is 3.39. The Kier molecular flexibility index (Phi) is 5.74. The van der Waals surface area contributed by atoms with E-state index in [9.17, 15) is 18.0 Å². The van der Waals surface area contributed by atoms with Crippen LogP contribution in [0.15, 0.2) is 63.7 Å². The predicted molar refractivity (Wildman–Crippen MR) is 120 cm³/mol. The zero-order valence-corrected chi connectivity index (χ0v) is 18.7. The van der Waals surface area contributed by atoms with Crippen molar-refractivity contribution in [2.75, 3.05) is 5.75 Å². The van der Waals surface area contributed by atoms with Crippen molar-refractivity contribution in [1.29, 1.82) is 0 Å². The number of carbonyl (C=O) groups excluding carboxylic acids is 1. The summed E-state index contributed by atoms with van der Waals surface area (Å²) in [5, 5.41) is 9.44. The highest BCUT2D eigenvalue weighted by Crippen LogP contribution is 2.26. The molecule has 7 nitrogen and oxygen atoms in total. The van der Waals surface area contributed by atoms with Gasteiger partial charge < -0.3 is 0 Å². The largest absolute Gasteiger partial charge is 0.298 e. The Morgan fingerprint density at radius 2 is 1.90 bits per heavy atom. The minimum atomic E-state index is -3.75. The van der Waals surface area contributed by atoms with Gasteiger partial charge in [0, 0.05) is 11.6 Å². The molecule has 0 aliphatic carbocycles. The van der Waals surface area contributed by atoms with Crippen LogP contribution in [0.25, 0.3) is 16.6 Å². The lowest BCUT2D eigenvalue weighted by Gasteiger charge is -2.07. The molecule has 0 N–H and O–H groups in total. The maximum atomic E-state index is 12.8. The number of benzene rings is 1. The van der Waals surface area contributed by atoms with Crippen LogP contribution < -0.4 is 5.56 Å². The molecule has 0 spiro atoms. The second-order valence-electron chi connectivity index (χ2n) is 7.00. The van der Waals surface area contributed by atoms with Gasteiger partial charge in [-0.1, -0.05) is 29.3 Å². The van der Waals surface area contributed by atoms with Crippen LogP contribution >= 0.6 is 22.9 Å². The summed E-state index contributed by atoms with van der Waals surface area (Å²) in [4.78, 5) is 25.0. The van der Waals surface area contributed by atoms with Crippen LogP contribution in [0.2, 0.25) is 4.34 Å². The van der Waals surface area contributed by atoms with Gasteiger partial charge in [0.1, 0.15) is 9.96 Å². The summed E-state index contributed by atoms with van der Waals surface area (Å²) in [6.07, 6.45) is 1.44. The van der Waals surface area contributed by atoms with Crippen molar-refractivity contribution in [2.45, 2.75) is 17.6 Å². The second kappa shape index (κ2) is 8.33. The van der Waals surface area contributed by atoms with E-state index in [4.69, 9.17) is 11.6 Å². The summed E-state index contributed by atoms with van der Waals surface area (Å²) in [7, 11) is -3.75. The van der Waals surface area contributed by atoms with E-state index in [0.29, 0.717) is 21.2 Å². The number of pyridine rings is 1. The molecule has 0 aliphatic heterocycles. The molecule has 0 unspecified atom stereocenters. The second-order valence-corrected chi connectivity index (χ2v) is 10.9. The van der Waals surface area contributed by atoms with E-state index in [1.807, 2.05) is 25.1 Å². The highest BCUT2D eigenvalue weighted by molar-refractivity contribution is 7.94. The Morgan fingerprint density at radius 3 is 2.58 bits per heavy atom. The molecule has 1 aromatic carbocycles. The Morgan fingerprint density at radius 1 is 1.10 bits per heavy atom. The summed E-state index contributed by atoms with van der Waals surface area (Å²) >= 11 is 6.69. The number of thiophene rings is 1. The van der Waals surface area contributed by atoms with Crippen LogP contribution in [-0.4, -0.2) is 34.7 Å². The lowest BCUT2D eigenvalue weighted by Crippen LogP contribution is -2.20. The zero-order valence-electron chi connectivity index (χ0n) is 16.3. The van der Waals surface area contributed by atoms with Crippen molar-refractivity contribution in [2.24, 2.45) is 0 Å². The van der Waals surface area contributed by atoms with Gasteiger partial charge in [0.05, 0.1) is 16.5 Å². The zero-order chi connectivity index (χ0) is 22.2. The number of Topliss-reactive ketones (excluding diaryl/α,β-unsaturated/α-hetero) is 1. The quantitative estimate of drug-likeness (QED) is 0.425. The van der Waals surface area contributed by atoms with Crippen LogP contribution in [0.3, 0.4) is 0 Å². The van der Waals surface area contributed by atoms with Crippen molar-refractivity contribution >= 4 is 49.3 Å². The van der Waals surface area contributed by atoms with E-state index in [0.717, 1.165) is 22.3 Å². The number of fused-ring (bicyclic) bond motifs is 1. The number of sulfone groups is 1. The molecule has 3 aromatic heterocycles. The number of aromatic nitrogens is 3. The van der Waals surface area contributed by atoms with Gasteiger partial charge >= 0.3 is 0 Å². The normalized spacial score (nSPS) is 11.7. The molecule has 0 radical (unpaired) electrons. The van der Waals surface area contributed by atoms with Gasteiger partial charge in [0.2, 0.25) is 0 Å². The molecule has 0 saturated carbocycles. The molecular weight excluding hydrogens is 458 g/mol. The molecule has 0 bridgehead atoms. The minimum Gasteiger partial charge on any atom is -0.298 e. The fraction of sp³-hybridized carbons (Fsp3) is 0.143. The van der Waals surface area contributed by atoms with Crippen LogP contribution in [0.5, 0.6) is 0 Å². The van der Waals surface area contributed by atoms with Gasteiger partial charge in [0.15, 0.2) is 21.4 Å². The van der Waals surface area contributed by atoms with Gasteiger partial charge in [-0.3, -0.25) is 14.2 Å². The molecule has 0 fully saturated rings. The van der Waals surface area contributed by atoms with Gasteiger partial charge in [-0.05, 0) is 48.7 Å². The topological polar surface area (TPSA) is 99.0 Å². The molecule has 0 atom stereocenters. The van der Waals surface area contributed by atoms with Gasteiger partial charge in [0.25, 0.3) is 5.56 Å². The summed E-state index contributed by atoms with van der Waals surface area (Å²) in [5.74, 6) is -0.842. The molecule has 158 valence electrons. The molecule has 4 aromatic rings. The first-order valence-electron chi connectivity index (χ1n) is 9.18. The van der Waals surface area contributed by atoms with Crippen LogP contribution in [0, 0.1) is 6.92 Å². The number of aryl methyl sites for hydroxylation is 1. The molecule has 0 amide bonds. The SMILES string of the molecule is Cc1ccc2c(=O)n(-c3ccc(CC(=O)CS(=O)(=O)c4ccc(Cl)s4)nn3)ccc2c1. The number of halogens is 1. The standard InChI is InChI=1S/C21H16ClN3O4S2/c1-13-2-4-17-14(10-13)8-9-25(21(17)27)19-6-3-15(23-24-19)11-16(26)12-31(28,29)20-7-5-18(22)30-20/h2-10H,11-12H2,1H3.